The van der Waals surface area contributed by atoms with Gasteiger partial charge in [-0.1, -0.05) is 32.0 Å². The van der Waals surface area contributed by atoms with E-state index in [1.54, 1.807) is 0 Å². The summed E-state index contributed by atoms with van der Waals surface area (Å²) in [4.78, 5) is 12.8. The maximum Gasteiger partial charge on any atom is 0.233 e. The molecular formula is C14H24N2OS. The molecule has 0 aromatic carbocycles. The van der Waals surface area contributed by atoms with Gasteiger partial charge in [0.15, 0.2) is 0 Å². The first-order valence-electron chi connectivity index (χ1n) is 7.06. The summed E-state index contributed by atoms with van der Waals surface area (Å²) in [6.07, 6.45) is 6.68. The molecule has 2 saturated carbocycles. The van der Waals surface area contributed by atoms with Crippen LogP contribution in [-0.2, 0) is 4.79 Å². The van der Waals surface area contributed by atoms with Crippen molar-refractivity contribution in [3.05, 3.63) is 0 Å². The van der Waals surface area contributed by atoms with Crippen LogP contribution in [0, 0.1) is 17.3 Å². The highest BCUT2D eigenvalue weighted by Crippen LogP contribution is 2.46. The molecule has 0 aromatic heterocycles. The van der Waals surface area contributed by atoms with Crippen LogP contribution < -0.4 is 11.1 Å². The van der Waals surface area contributed by atoms with Crippen LogP contribution in [0.25, 0.3) is 0 Å². The van der Waals surface area contributed by atoms with Gasteiger partial charge in [0, 0.05) is 6.04 Å². The molecule has 0 spiro atoms. The highest BCUT2D eigenvalue weighted by molar-refractivity contribution is 7.80. The normalized spacial score (nSPS) is 33.8. The molecule has 0 radical (unpaired) electrons. The Morgan fingerprint density at radius 3 is 2.39 bits per heavy atom. The van der Waals surface area contributed by atoms with Gasteiger partial charge < -0.3 is 11.1 Å². The van der Waals surface area contributed by atoms with Crippen LogP contribution in [0.4, 0.5) is 0 Å². The SMILES string of the molecule is CC1CC(C(=O)NC(C)C2CCCC2)(C(N)=S)C1. The minimum absolute atomic E-state index is 0.0625. The van der Waals surface area contributed by atoms with E-state index in [-0.39, 0.29) is 11.9 Å². The smallest absolute Gasteiger partial charge is 0.233 e. The van der Waals surface area contributed by atoms with Gasteiger partial charge in [0.25, 0.3) is 0 Å². The first-order valence-corrected chi connectivity index (χ1v) is 7.47. The standard InChI is InChI=1S/C14H24N2OS/c1-9-7-14(8-9,12(15)18)13(17)16-10(2)11-5-3-4-6-11/h9-11H,3-8H2,1-2H3,(H2,15,18)(H,16,17). The van der Waals surface area contributed by atoms with Crippen molar-refractivity contribution in [3.8, 4) is 0 Å². The van der Waals surface area contributed by atoms with Gasteiger partial charge in [-0.15, -0.1) is 0 Å². The number of hydrogen-bond donors (Lipinski definition) is 2. The van der Waals surface area contributed by atoms with Crippen molar-refractivity contribution < 1.29 is 4.79 Å². The second-order valence-corrected chi connectivity index (χ2v) is 6.71. The molecule has 2 fully saturated rings. The van der Waals surface area contributed by atoms with Crippen LogP contribution in [0.3, 0.4) is 0 Å². The molecule has 1 amide bonds. The summed E-state index contributed by atoms with van der Waals surface area (Å²) in [5.74, 6) is 1.25. The van der Waals surface area contributed by atoms with Crippen molar-refractivity contribution in [1.29, 1.82) is 0 Å². The maximum atomic E-state index is 12.4. The van der Waals surface area contributed by atoms with Crippen molar-refractivity contribution in [2.45, 2.75) is 58.4 Å². The Hall–Kier alpha value is -0.640. The molecule has 0 bridgehead atoms. The Morgan fingerprint density at radius 2 is 1.94 bits per heavy atom. The predicted molar refractivity (Wildman–Crippen MR) is 77.2 cm³/mol. The number of nitrogens with two attached hydrogens (primary N) is 1. The zero-order valence-electron chi connectivity index (χ0n) is 11.4. The van der Waals surface area contributed by atoms with E-state index in [2.05, 4.69) is 19.2 Å². The molecule has 2 aliphatic rings. The third-order valence-corrected chi connectivity index (χ3v) is 5.16. The first kappa shape index (κ1) is 13.8. The largest absolute Gasteiger partial charge is 0.392 e. The summed E-state index contributed by atoms with van der Waals surface area (Å²) in [5, 5.41) is 3.16. The van der Waals surface area contributed by atoms with Gasteiger partial charge >= 0.3 is 0 Å². The third kappa shape index (κ3) is 2.40. The van der Waals surface area contributed by atoms with Crippen LogP contribution in [0.5, 0.6) is 0 Å². The lowest BCUT2D eigenvalue weighted by Crippen LogP contribution is -2.57. The van der Waals surface area contributed by atoms with E-state index >= 15 is 0 Å². The average molecular weight is 268 g/mol. The molecule has 3 nitrogen and oxygen atoms in total. The van der Waals surface area contributed by atoms with Crippen LogP contribution >= 0.6 is 12.2 Å². The Labute approximate surface area is 115 Å². The van der Waals surface area contributed by atoms with E-state index < -0.39 is 5.41 Å². The minimum Gasteiger partial charge on any atom is -0.392 e. The average Bonchev–Trinajstić information content (AvgIpc) is 2.76. The zero-order valence-corrected chi connectivity index (χ0v) is 12.2. The van der Waals surface area contributed by atoms with Crippen LogP contribution in [0.1, 0.15) is 52.4 Å². The molecule has 2 aliphatic carbocycles. The number of carbonyl (C=O) groups excluding carboxylic acids is 1. The number of carbonyl (C=O) groups is 1. The number of hydrogen-bond acceptors (Lipinski definition) is 2. The van der Waals surface area contributed by atoms with Crippen molar-refractivity contribution in [3.63, 3.8) is 0 Å². The maximum absolute atomic E-state index is 12.4. The topological polar surface area (TPSA) is 55.1 Å². The van der Waals surface area contributed by atoms with Crippen molar-refractivity contribution >= 4 is 23.1 Å². The molecule has 0 aromatic rings. The molecule has 1 atom stereocenters. The summed E-state index contributed by atoms with van der Waals surface area (Å²) in [5.41, 5.74) is 5.24. The monoisotopic (exact) mass is 268 g/mol. The quantitative estimate of drug-likeness (QED) is 0.770. The fraction of sp³-hybridized carbons (Fsp3) is 0.857. The van der Waals surface area contributed by atoms with Gasteiger partial charge in [-0.05, 0) is 44.4 Å². The van der Waals surface area contributed by atoms with Crippen molar-refractivity contribution in [2.24, 2.45) is 23.0 Å². The molecule has 18 heavy (non-hydrogen) atoms. The highest BCUT2D eigenvalue weighted by Gasteiger charge is 2.51. The van der Waals surface area contributed by atoms with Gasteiger partial charge in [-0.2, -0.15) is 0 Å². The van der Waals surface area contributed by atoms with E-state index in [0.29, 0.717) is 16.8 Å². The Morgan fingerprint density at radius 1 is 1.39 bits per heavy atom. The summed E-state index contributed by atoms with van der Waals surface area (Å²) < 4.78 is 0. The van der Waals surface area contributed by atoms with Crippen molar-refractivity contribution in [1.82, 2.24) is 5.32 Å². The van der Waals surface area contributed by atoms with E-state index in [9.17, 15) is 4.79 Å². The van der Waals surface area contributed by atoms with Gasteiger partial charge in [0.05, 0.1) is 10.4 Å². The van der Waals surface area contributed by atoms with E-state index in [4.69, 9.17) is 18.0 Å². The second-order valence-electron chi connectivity index (χ2n) is 6.27. The Bertz CT molecular complexity index is 344. The molecule has 2 rings (SSSR count). The van der Waals surface area contributed by atoms with Gasteiger partial charge in [-0.3, -0.25) is 4.79 Å². The molecule has 0 saturated heterocycles. The lowest BCUT2D eigenvalue weighted by molar-refractivity contribution is -0.133. The van der Waals surface area contributed by atoms with Gasteiger partial charge in [-0.25, -0.2) is 0 Å². The molecule has 4 heteroatoms. The minimum atomic E-state index is -0.554. The third-order valence-electron chi connectivity index (χ3n) is 4.77. The van der Waals surface area contributed by atoms with Crippen LogP contribution in [-0.4, -0.2) is 16.9 Å². The summed E-state index contributed by atoms with van der Waals surface area (Å²) in [6, 6.07) is 0.252. The van der Waals surface area contributed by atoms with Gasteiger partial charge in [0.2, 0.25) is 5.91 Å². The number of nitrogens with one attached hydrogen (secondary N) is 1. The Balaban J connectivity index is 1.95. The number of thiocarbonyl (C=S) groups is 1. The predicted octanol–water partition coefficient (Wildman–Crippen LogP) is 2.38. The second kappa shape index (κ2) is 5.16. The summed E-state index contributed by atoms with van der Waals surface area (Å²) >= 11 is 5.11. The molecule has 1 unspecified atom stereocenters. The molecular weight excluding hydrogens is 244 g/mol. The van der Waals surface area contributed by atoms with Crippen LogP contribution in [0.15, 0.2) is 0 Å². The molecule has 0 heterocycles. The number of rotatable bonds is 4. The lowest BCUT2D eigenvalue weighted by Gasteiger charge is -2.44. The lowest BCUT2D eigenvalue weighted by atomic mass is 9.62. The van der Waals surface area contributed by atoms with E-state index in [1.165, 1.54) is 25.7 Å². The van der Waals surface area contributed by atoms with Gasteiger partial charge in [0.1, 0.15) is 0 Å². The van der Waals surface area contributed by atoms with Crippen molar-refractivity contribution in [2.75, 3.05) is 0 Å². The molecule has 3 N–H and O–H groups in total. The summed E-state index contributed by atoms with van der Waals surface area (Å²) in [7, 11) is 0. The fourth-order valence-electron chi connectivity index (χ4n) is 3.55. The van der Waals surface area contributed by atoms with Crippen LogP contribution in [0.2, 0.25) is 0 Å². The fourth-order valence-corrected chi connectivity index (χ4v) is 3.81. The van der Waals surface area contributed by atoms with E-state index in [1.807, 2.05) is 0 Å². The molecule has 0 aliphatic heterocycles. The zero-order chi connectivity index (χ0) is 13.3. The number of amides is 1. The molecule has 102 valence electrons. The van der Waals surface area contributed by atoms with E-state index in [0.717, 1.165) is 12.8 Å². The highest BCUT2D eigenvalue weighted by atomic mass is 32.1. The Kier molecular flexibility index (Phi) is 3.95. The summed E-state index contributed by atoms with van der Waals surface area (Å²) in [6.45, 7) is 4.26. The first-order chi connectivity index (χ1) is 8.45.